The van der Waals surface area contributed by atoms with E-state index in [-0.39, 0.29) is 17.1 Å². The zero-order chi connectivity index (χ0) is 15.3. The van der Waals surface area contributed by atoms with E-state index in [0.717, 1.165) is 12.1 Å². The van der Waals surface area contributed by atoms with Gasteiger partial charge in [-0.3, -0.25) is 9.38 Å². The van der Waals surface area contributed by atoms with Crippen LogP contribution in [-0.2, 0) is 0 Å². The Morgan fingerprint density at radius 1 is 1.05 bits per heavy atom. The van der Waals surface area contributed by atoms with E-state index in [9.17, 15) is 13.9 Å². The molecule has 6 heteroatoms. The third-order valence-electron chi connectivity index (χ3n) is 3.51. The highest BCUT2D eigenvalue weighted by Gasteiger charge is 2.18. The van der Waals surface area contributed by atoms with Gasteiger partial charge in [-0.2, -0.15) is 0 Å². The summed E-state index contributed by atoms with van der Waals surface area (Å²) in [7, 11) is 0. The molecule has 0 amide bonds. The van der Waals surface area contributed by atoms with Crippen molar-refractivity contribution in [3.05, 3.63) is 60.3 Å². The first-order valence-corrected chi connectivity index (χ1v) is 6.56. The van der Waals surface area contributed by atoms with Crippen molar-refractivity contribution in [1.82, 2.24) is 14.4 Å². The van der Waals surface area contributed by atoms with E-state index in [4.69, 9.17) is 0 Å². The summed E-state index contributed by atoms with van der Waals surface area (Å²) in [6, 6.07) is 10.3. The Labute approximate surface area is 123 Å². The summed E-state index contributed by atoms with van der Waals surface area (Å²) >= 11 is 0. The maximum Gasteiger partial charge on any atom is 0.224 e. The summed E-state index contributed by atoms with van der Waals surface area (Å²) in [5.74, 6) is -1.67. The molecular weight excluding hydrogens is 288 g/mol. The van der Waals surface area contributed by atoms with Crippen molar-refractivity contribution < 1.29 is 13.9 Å². The Morgan fingerprint density at radius 3 is 2.68 bits per heavy atom. The third kappa shape index (κ3) is 1.74. The lowest BCUT2D eigenvalue weighted by Crippen LogP contribution is -1.90. The highest BCUT2D eigenvalue weighted by Crippen LogP contribution is 2.33. The first kappa shape index (κ1) is 12.7. The van der Waals surface area contributed by atoms with E-state index in [1.807, 2.05) is 6.07 Å². The molecular formula is C16H9F2N3O. The predicted molar refractivity (Wildman–Crippen MR) is 77.5 cm³/mol. The molecule has 2 heterocycles. The highest BCUT2D eigenvalue weighted by molar-refractivity contribution is 5.81. The average molecular weight is 297 g/mol. The maximum absolute atomic E-state index is 13.9. The van der Waals surface area contributed by atoms with Crippen molar-refractivity contribution in [2.75, 3.05) is 0 Å². The summed E-state index contributed by atoms with van der Waals surface area (Å²) in [5.41, 5.74) is 1.80. The summed E-state index contributed by atoms with van der Waals surface area (Å²) in [4.78, 5) is 8.46. The van der Waals surface area contributed by atoms with Gasteiger partial charge in [-0.05, 0) is 24.3 Å². The molecule has 0 aliphatic rings. The summed E-state index contributed by atoms with van der Waals surface area (Å²) in [5, 5.41) is 10.4. The zero-order valence-electron chi connectivity index (χ0n) is 11.2. The number of rotatable bonds is 1. The molecule has 0 spiro atoms. The normalized spacial score (nSPS) is 11.4. The van der Waals surface area contributed by atoms with Gasteiger partial charge in [0.1, 0.15) is 17.3 Å². The van der Waals surface area contributed by atoms with E-state index in [0.29, 0.717) is 16.7 Å². The molecule has 0 fully saturated rings. The molecule has 4 aromatic rings. The highest BCUT2D eigenvalue weighted by atomic mass is 19.1. The van der Waals surface area contributed by atoms with Crippen LogP contribution in [0, 0.1) is 11.6 Å². The van der Waals surface area contributed by atoms with Crippen LogP contribution in [0.5, 0.6) is 5.88 Å². The minimum atomic E-state index is -0.782. The van der Waals surface area contributed by atoms with Gasteiger partial charge in [-0.1, -0.05) is 12.1 Å². The predicted octanol–water partition coefficient (Wildman–Crippen LogP) is 3.53. The van der Waals surface area contributed by atoms with Gasteiger partial charge in [0.25, 0.3) is 0 Å². The molecule has 0 saturated heterocycles. The molecule has 4 rings (SSSR count). The number of benzene rings is 2. The van der Waals surface area contributed by atoms with E-state index >= 15 is 0 Å². The van der Waals surface area contributed by atoms with Gasteiger partial charge in [-0.25, -0.2) is 13.8 Å². The number of nitrogens with zero attached hydrogens (tertiary/aromatic N) is 3. The average Bonchev–Trinajstić information content (AvgIpc) is 2.85. The van der Waals surface area contributed by atoms with E-state index in [1.54, 1.807) is 18.2 Å². The fraction of sp³-hybridized carbons (Fsp3) is 0. The molecule has 108 valence electrons. The van der Waals surface area contributed by atoms with E-state index in [1.165, 1.54) is 16.7 Å². The second-order valence-electron chi connectivity index (χ2n) is 4.85. The number of aromatic nitrogens is 3. The Bertz CT molecular complexity index is 1030. The fourth-order valence-corrected chi connectivity index (χ4v) is 2.50. The lowest BCUT2D eigenvalue weighted by Gasteiger charge is -2.02. The Morgan fingerprint density at radius 2 is 1.86 bits per heavy atom. The monoisotopic (exact) mass is 297 g/mol. The third-order valence-corrected chi connectivity index (χ3v) is 3.51. The molecule has 22 heavy (non-hydrogen) atoms. The number of halogens is 2. The number of hydrogen-bond donors (Lipinski definition) is 1. The van der Waals surface area contributed by atoms with Gasteiger partial charge in [0.05, 0.1) is 17.2 Å². The molecule has 0 bridgehead atoms. The largest absolute Gasteiger partial charge is 0.493 e. The van der Waals surface area contributed by atoms with Crippen molar-refractivity contribution in [2.45, 2.75) is 0 Å². The SMILES string of the molecule is Oc1c(-c2ccc(F)cc2F)nc2cnc3ccccc3n12. The van der Waals surface area contributed by atoms with Crippen LogP contribution in [0.1, 0.15) is 0 Å². The molecule has 2 aromatic carbocycles. The minimum absolute atomic E-state index is 0.0340. The summed E-state index contributed by atoms with van der Waals surface area (Å²) in [6.45, 7) is 0. The summed E-state index contributed by atoms with van der Waals surface area (Å²) in [6.07, 6.45) is 1.49. The fourth-order valence-electron chi connectivity index (χ4n) is 2.50. The molecule has 0 atom stereocenters. The molecule has 0 aliphatic carbocycles. The van der Waals surface area contributed by atoms with Crippen LogP contribution in [0.4, 0.5) is 8.78 Å². The van der Waals surface area contributed by atoms with Gasteiger partial charge >= 0.3 is 0 Å². The number of para-hydroxylation sites is 2. The topological polar surface area (TPSA) is 50.4 Å². The van der Waals surface area contributed by atoms with Crippen molar-refractivity contribution in [1.29, 1.82) is 0 Å². The minimum Gasteiger partial charge on any atom is -0.493 e. The molecule has 0 saturated carbocycles. The van der Waals surface area contributed by atoms with E-state index in [2.05, 4.69) is 9.97 Å². The number of hydrogen-bond acceptors (Lipinski definition) is 3. The van der Waals surface area contributed by atoms with Crippen LogP contribution in [-0.4, -0.2) is 19.5 Å². The summed E-state index contributed by atoms with van der Waals surface area (Å²) < 4.78 is 28.5. The van der Waals surface area contributed by atoms with Crippen molar-refractivity contribution in [3.8, 4) is 17.1 Å². The second-order valence-corrected chi connectivity index (χ2v) is 4.85. The van der Waals surface area contributed by atoms with Crippen LogP contribution in [0.25, 0.3) is 27.9 Å². The van der Waals surface area contributed by atoms with Gasteiger partial charge in [0.2, 0.25) is 5.88 Å². The lowest BCUT2D eigenvalue weighted by molar-refractivity contribution is 0.452. The lowest BCUT2D eigenvalue weighted by atomic mass is 10.1. The first-order valence-electron chi connectivity index (χ1n) is 6.56. The van der Waals surface area contributed by atoms with E-state index < -0.39 is 11.6 Å². The van der Waals surface area contributed by atoms with Crippen LogP contribution < -0.4 is 0 Å². The van der Waals surface area contributed by atoms with Crippen LogP contribution in [0.3, 0.4) is 0 Å². The molecule has 0 aliphatic heterocycles. The molecule has 1 N–H and O–H groups in total. The molecule has 0 unspecified atom stereocenters. The van der Waals surface area contributed by atoms with Gasteiger partial charge in [-0.15, -0.1) is 0 Å². The second kappa shape index (κ2) is 4.49. The van der Waals surface area contributed by atoms with Crippen LogP contribution in [0.2, 0.25) is 0 Å². The molecule has 4 nitrogen and oxygen atoms in total. The Hall–Kier alpha value is -3.02. The van der Waals surface area contributed by atoms with Crippen molar-refractivity contribution in [2.24, 2.45) is 0 Å². The molecule has 0 radical (unpaired) electrons. The van der Waals surface area contributed by atoms with Crippen LogP contribution >= 0.6 is 0 Å². The van der Waals surface area contributed by atoms with Crippen molar-refractivity contribution in [3.63, 3.8) is 0 Å². The van der Waals surface area contributed by atoms with Gasteiger partial charge in [0.15, 0.2) is 5.65 Å². The molecule has 2 aromatic heterocycles. The quantitative estimate of drug-likeness (QED) is 0.584. The smallest absolute Gasteiger partial charge is 0.224 e. The standard InChI is InChI=1S/C16H9F2N3O/c17-9-5-6-10(11(18)7-9)15-16(22)21-13-4-2-1-3-12(13)19-8-14(21)20-15/h1-8,22H. The Balaban J connectivity index is 2.08. The zero-order valence-corrected chi connectivity index (χ0v) is 11.2. The number of fused-ring (bicyclic) bond motifs is 3. The maximum atomic E-state index is 13.9. The van der Waals surface area contributed by atoms with Crippen LogP contribution in [0.15, 0.2) is 48.7 Å². The number of imidazole rings is 1. The van der Waals surface area contributed by atoms with Gasteiger partial charge < -0.3 is 5.11 Å². The first-order chi connectivity index (χ1) is 10.6. The number of aromatic hydroxyl groups is 1. The Kier molecular flexibility index (Phi) is 2.59. The van der Waals surface area contributed by atoms with Gasteiger partial charge in [0, 0.05) is 11.6 Å². The van der Waals surface area contributed by atoms with Crippen molar-refractivity contribution >= 4 is 16.7 Å².